The Morgan fingerprint density at radius 2 is 1.53 bits per heavy atom. The molecule has 0 atom stereocenters. The van der Waals surface area contributed by atoms with Crippen molar-refractivity contribution < 1.29 is 23.9 Å². The molecule has 0 spiro atoms. The predicted octanol–water partition coefficient (Wildman–Crippen LogP) is 2.87. The lowest BCUT2D eigenvalue weighted by molar-refractivity contribution is -0.144. The zero-order valence-electron chi connectivity index (χ0n) is 17.2. The number of carbonyl (C=O) groups excluding carboxylic acids is 3. The van der Waals surface area contributed by atoms with Gasteiger partial charge in [0, 0.05) is 12.8 Å². The second-order valence-corrected chi connectivity index (χ2v) is 6.81. The minimum Gasteiger partial charge on any atom is -0.483 e. The van der Waals surface area contributed by atoms with Crippen LogP contribution in [0.25, 0.3) is 0 Å². The van der Waals surface area contributed by atoms with Crippen molar-refractivity contribution in [2.45, 2.75) is 39.0 Å². The zero-order valence-corrected chi connectivity index (χ0v) is 17.2. The molecule has 0 aliphatic heterocycles. The van der Waals surface area contributed by atoms with E-state index >= 15 is 0 Å². The standard InChI is InChI=1S/C23H28N2O5/c1-18-9-5-6-13-20(18)30-17-22(27)25-24-21(26)14-7-15-23(28)29-16-8-12-19-10-3-2-4-11-19/h2-6,9-11,13H,7-8,12,14-17H2,1H3,(H,24,26)(H,25,27). The first kappa shape index (κ1) is 22.9. The second kappa shape index (κ2) is 13.0. The van der Waals surface area contributed by atoms with Gasteiger partial charge >= 0.3 is 5.97 Å². The van der Waals surface area contributed by atoms with Crippen LogP contribution >= 0.6 is 0 Å². The monoisotopic (exact) mass is 412 g/mol. The maximum Gasteiger partial charge on any atom is 0.305 e. The van der Waals surface area contributed by atoms with Crippen molar-refractivity contribution in [1.29, 1.82) is 0 Å². The number of benzene rings is 2. The molecule has 0 saturated carbocycles. The van der Waals surface area contributed by atoms with Gasteiger partial charge < -0.3 is 9.47 Å². The van der Waals surface area contributed by atoms with Gasteiger partial charge in [-0.25, -0.2) is 0 Å². The molecule has 7 nitrogen and oxygen atoms in total. The van der Waals surface area contributed by atoms with Crippen molar-refractivity contribution in [3.05, 3.63) is 65.7 Å². The predicted molar refractivity (Wildman–Crippen MR) is 113 cm³/mol. The van der Waals surface area contributed by atoms with Crippen molar-refractivity contribution in [3.8, 4) is 5.75 Å². The van der Waals surface area contributed by atoms with E-state index in [1.807, 2.05) is 55.5 Å². The summed E-state index contributed by atoms with van der Waals surface area (Å²) in [6.45, 7) is 2.03. The fourth-order valence-corrected chi connectivity index (χ4v) is 2.67. The molecule has 0 saturated heterocycles. The maximum absolute atomic E-state index is 11.8. The molecule has 0 aromatic heterocycles. The molecule has 0 heterocycles. The van der Waals surface area contributed by atoms with Crippen LogP contribution in [0.3, 0.4) is 0 Å². The average Bonchev–Trinajstić information content (AvgIpc) is 2.75. The van der Waals surface area contributed by atoms with Gasteiger partial charge in [-0.2, -0.15) is 0 Å². The number of para-hydroxylation sites is 1. The fraction of sp³-hybridized carbons (Fsp3) is 0.348. The Hall–Kier alpha value is -3.35. The smallest absolute Gasteiger partial charge is 0.305 e. The molecule has 0 aliphatic rings. The number of aryl methyl sites for hydroxylation is 2. The molecule has 2 rings (SSSR count). The lowest BCUT2D eigenvalue weighted by Gasteiger charge is -2.10. The summed E-state index contributed by atoms with van der Waals surface area (Å²) in [6.07, 6.45) is 2.22. The van der Waals surface area contributed by atoms with Gasteiger partial charge in [-0.05, 0) is 43.4 Å². The van der Waals surface area contributed by atoms with Gasteiger partial charge in [0.05, 0.1) is 6.61 Å². The Balaban J connectivity index is 1.49. The van der Waals surface area contributed by atoms with Crippen LogP contribution in [0.2, 0.25) is 0 Å². The topological polar surface area (TPSA) is 93.7 Å². The third-order valence-corrected chi connectivity index (χ3v) is 4.29. The van der Waals surface area contributed by atoms with Crippen LogP contribution in [0.4, 0.5) is 0 Å². The van der Waals surface area contributed by atoms with Gasteiger partial charge in [-0.1, -0.05) is 48.5 Å². The van der Waals surface area contributed by atoms with E-state index in [9.17, 15) is 14.4 Å². The number of hydrogen-bond acceptors (Lipinski definition) is 5. The Labute approximate surface area is 176 Å². The van der Waals surface area contributed by atoms with Crippen LogP contribution in [0.15, 0.2) is 54.6 Å². The van der Waals surface area contributed by atoms with E-state index in [2.05, 4.69) is 10.9 Å². The Bertz CT molecular complexity index is 823. The normalized spacial score (nSPS) is 10.2. The number of carbonyl (C=O) groups is 3. The summed E-state index contributed by atoms with van der Waals surface area (Å²) in [5.41, 5.74) is 6.72. The highest BCUT2D eigenvalue weighted by Gasteiger charge is 2.09. The average molecular weight is 412 g/mol. The number of hydrazine groups is 1. The van der Waals surface area contributed by atoms with Crippen molar-refractivity contribution in [2.75, 3.05) is 13.2 Å². The molecular weight excluding hydrogens is 384 g/mol. The molecule has 0 radical (unpaired) electrons. The number of amides is 2. The molecule has 0 unspecified atom stereocenters. The molecule has 0 aliphatic carbocycles. The minimum absolute atomic E-state index is 0.109. The second-order valence-electron chi connectivity index (χ2n) is 6.81. The number of hydrogen-bond donors (Lipinski definition) is 2. The summed E-state index contributed by atoms with van der Waals surface area (Å²) in [5, 5.41) is 0. The highest BCUT2D eigenvalue weighted by molar-refractivity contribution is 5.83. The number of nitrogens with one attached hydrogen (secondary N) is 2. The largest absolute Gasteiger partial charge is 0.483 e. The molecule has 0 bridgehead atoms. The summed E-state index contributed by atoms with van der Waals surface area (Å²) in [7, 11) is 0. The molecule has 2 amide bonds. The van der Waals surface area contributed by atoms with Crippen LogP contribution in [-0.4, -0.2) is 31.0 Å². The lowest BCUT2D eigenvalue weighted by Crippen LogP contribution is -2.43. The van der Waals surface area contributed by atoms with E-state index in [1.165, 1.54) is 5.56 Å². The zero-order chi connectivity index (χ0) is 21.6. The summed E-state index contributed by atoms with van der Waals surface area (Å²) in [6, 6.07) is 17.3. The highest BCUT2D eigenvalue weighted by atomic mass is 16.5. The third-order valence-electron chi connectivity index (χ3n) is 4.29. The van der Waals surface area contributed by atoms with Crippen LogP contribution < -0.4 is 15.6 Å². The van der Waals surface area contributed by atoms with Gasteiger partial charge in [0.1, 0.15) is 5.75 Å². The maximum atomic E-state index is 11.8. The molecular formula is C23H28N2O5. The first-order valence-electron chi connectivity index (χ1n) is 10.0. The van der Waals surface area contributed by atoms with Gasteiger partial charge in [0.2, 0.25) is 5.91 Å². The van der Waals surface area contributed by atoms with E-state index < -0.39 is 5.91 Å². The van der Waals surface area contributed by atoms with Crippen molar-refractivity contribution in [2.24, 2.45) is 0 Å². The van der Waals surface area contributed by atoms with E-state index in [0.717, 1.165) is 18.4 Å². The van der Waals surface area contributed by atoms with Crippen molar-refractivity contribution >= 4 is 17.8 Å². The van der Waals surface area contributed by atoms with Gasteiger partial charge in [-0.15, -0.1) is 0 Å². The fourth-order valence-electron chi connectivity index (χ4n) is 2.67. The van der Waals surface area contributed by atoms with Crippen molar-refractivity contribution in [3.63, 3.8) is 0 Å². The molecule has 2 N–H and O–H groups in total. The van der Waals surface area contributed by atoms with Gasteiger partial charge in [0.15, 0.2) is 6.61 Å². The van der Waals surface area contributed by atoms with E-state index in [0.29, 0.717) is 18.8 Å². The quantitative estimate of drug-likeness (QED) is 0.336. The van der Waals surface area contributed by atoms with E-state index in [-0.39, 0.29) is 31.3 Å². The lowest BCUT2D eigenvalue weighted by atomic mass is 10.1. The third kappa shape index (κ3) is 9.23. The SMILES string of the molecule is Cc1ccccc1OCC(=O)NNC(=O)CCCC(=O)OCCCc1ccccc1. The van der Waals surface area contributed by atoms with Crippen LogP contribution in [-0.2, 0) is 25.5 Å². The van der Waals surface area contributed by atoms with Crippen LogP contribution in [0.1, 0.15) is 36.8 Å². The summed E-state index contributed by atoms with van der Waals surface area (Å²) < 4.78 is 10.6. The minimum atomic E-state index is -0.468. The van der Waals surface area contributed by atoms with E-state index in [1.54, 1.807) is 6.07 Å². The van der Waals surface area contributed by atoms with E-state index in [4.69, 9.17) is 9.47 Å². The Morgan fingerprint density at radius 3 is 2.30 bits per heavy atom. The summed E-state index contributed by atoms with van der Waals surface area (Å²) in [4.78, 5) is 35.2. The summed E-state index contributed by atoms with van der Waals surface area (Å²) >= 11 is 0. The van der Waals surface area contributed by atoms with Crippen LogP contribution in [0, 0.1) is 6.92 Å². The van der Waals surface area contributed by atoms with Gasteiger partial charge in [-0.3, -0.25) is 25.2 Å². The molecule has 160 valence electrons. The Kier molecular flexibility index (Phi) is 9.92. The Morgan fingerprint density at radius 1 is 0.833 bits per heavy atom. The molecule has 30 heavy (non-hydrogen) atoms. The number of ether oxygens (including phenoxy) is 2. The first-order chi connectivity index (χ1) is 14.5. The van der Waals surface area contributed by atoms with Crippen LogP contribution in [0.5, 0.6) is 5.75 Å². The summed E-state index contributed by atoms with van der Waals surface area (Å²) in [5.74, 6) is -0.562. The van der Waals surface area contributed by atoms with Gasteiger partial charge in [0.25, 0.3) is 5.91 Å². The first-order valence-corrected chi connectivity index (χ1v) is 10.0. The molecule has 2 aromatic carbocycles. The number of rotatable bonds is 11. The van der Waals surface area contributed by atoms with Crippen molar-refractivity contribution in [1.82, 2.24) is 10.9 Å². The number of esters is 1. The molecule has 2 aromatic rings. The molecule has 0 fully saturated rings. The highest BCUT2D eigenvalue weighted by Crippen LogP contribution is 2.15. The molecule has 7 heteroatoms.